The van der Waals surface area contributed by atoms with Gasteiger partial charge in [0.25, 0.3) is 5.91 Å². The molecule has 1 aromatic rings. The van der Waals surface area contributed by atoms with Crippen molar-refractivity contribution in [2.45, 2.75) is 45.0 Å². The molecule has 0 fully saturated rings. The normalized spacial score (nSPS) is 20.5. The van der Waals surface area contributed by atoms with Gasteiger partial charge in [0, 0.05) is 31.1 Å². The largest absolute Gasteiger partial charge is 0.488 e. The number of alkyl halides is 3. The Morgan fingerprint density at radius 2 is 2.06 bits per heavy atom. The average molecular weight is 445 g/mol. The Hall–Kier alpha value is -2.33. The minimum atomic E-state index is -4.42. The van der Waals surface area contributed by atoms with Crippen LogP contribution in [0.2, 0.25) is 0 Å². The van der Waals surface area contributed by atoms with E-state index in [9.17, 15) is 27.9 Å². The van der Waals surface area contributed by atoms with Crippen molar-refractivity contribution in [3.63, 3.8) is 0 Å². The SMILES string of the molecule is C[C@@H]1CN([C@@H](C)CO)C(=O)c2cc(NC(=O)CCC(F)(F)F)ccc2O[C@H]1CN(C)C. The predicted octanol–water partition coefficient (Wildman–Crippen LogP) is 2.75. The highest BCUT2D eigenvalue weighted by molar-refractivity contribution is 5.99. The smallest absolute Gasteiger partial charge is 0.389 e. The van der Waals surface area contributed by atoms with E-state index in [-0.39, 0.29) is 35.8 Å². The summed E-state index contributed by atoms with van der Waals surface area (Å²) >= 11 is 0. The molecule has 1 aromatic carbocycles. The second-order valence-electron chi connectivity index (χ2n) is 8.26. The minimum Gasteiger partial charge on any atom is -0.488 e. The number of ether oxygens (including phenoxy) is 1. The molecule has 1 aliphatic heterocycles. The third-order valence-corrected chi connectivity index (χ3v) is 5.13. The fourth-order valence-electron chi connectivity index (χ4n) is 3.36. The molecule has 3 atom stereocenters. The molecule has 0 bridgehead atoms. The molecule has 1 aliphatic rings. The van der Waals surface area contributed by atoms with Crippen molar-refractivity contribution in [2.24, 2.45) is 5.92 Å². The molecule has 10 heteroatoms. The van der Waals surface area contributed by atoms with Gasteiger partial charge in [-0.25, -0.2) is 0 Å². The number of carbonyl (C=O) groups is 2. The van der Waals surface area contributed by atoms with Gasteiger partial charge in [-0.3, -0.25) is 9.59 Å². The van der Waals surface area contributed by atoms with E-state index in [1.54, 1.807) is 11.8 Å². The first-order chi connectivity index (χ1) is 14.4. The minimum absolute atomic E-state index is 0.0183. The maximum Gasteiger partial charge on any atom is 0.389 e. The van der Waals surface area contributed by atoms with Gasteiger partial charge in [0.2, 0.25) is 5.91 Å². The Morgan fingerprint density at radius 1 is 1.39 bits per heavy atom. The van der Waals surface area contributed by atoms with Gasteiger partial charge in [-0.2, -0.15) is 13.2 Å². The number of hydrogen-bond donors (Lipinski definition) is 2. The van der Waals surface area contributed by atoms with Crippen molar-refractivity contribution < 1.29 is 32.6 Å². The zero-order chi connectivity index (χ0) is 23.3. The Morgan fingerprint density at radius 3 is 2.65 bits per heavy atom. The number of halogens is 3. The lowest BCUT2D eigenvalue weighted by molar-refractivity contribution is -0.142. The molecule has 0 spiro atoms. The van der Waals surface area contributed by atoms with Gasteiger partial charge in [0.05, 0.1) is 24.6 Å². The van der Waals surface area contributed by atoms with Gasteiger partial charge in [-0.1, -0.05) is 6.92 Å². The van der Waals surface area contributed by atoms with Gasteiger partial charge in [-0.05, 0) is 39.2 Å². The number of likely N-dealkylation sites (N-methyl/N-ethyl adjacent to an activating group) is 1. The zero-order valence-corrected chi connectivity index (χ0v) is 18.2. The summed E-state index contributed by atoms with van der Waals surface area (Å²) in [4.78, 5) is 28.6. The van der Waals surface area contributed by atoms with Crippen LogP contribution in [0.3, 0.4) is 0 Å². The van der Waals surface area contributed by atoms with Crippen LogP contribution in [-0.2, 0) is 4.79 Å². The summed E-state index contributed by atoms with van der Waals surface area (Å²) < 4.78 is 43.2. The number of rotatable bonds is 7. The summed E-state index contributed by atoms with van der Waals surface area (Å²) in [6.07, 6.45) is -6.59. The topological polar surface area (TPSA) is 82.1 Å². The van der Waals surface area contributed by atoms with E-state index < -0.39 is 31.0 Å². The highest BCUT2D eigenvalue weighted by atomic mass is 19.4. The second-order valence-corrected chi connectivity index (χ2v) is 8.26. The molecule has 2 N–H and O–H groups in total. The number of amides is 2. The maximum absolute atomic E-state index is 13.2. The monoisotopic (exact) mass is 445 g/mol. The van der Waals surface area contributed by atoms with E-state index in [4.69, 9.17) is 4.74 Å². The molecule has 0 aliphatic carbocycles. The summed E-state index contributed by atoms with van der Waals surface area (Å²) in [5.74, 6) is -0.864. The number of anilines is 1. The quantitative estimate of drug-likeness (QED) is 0.675. The first-order valence-electron chi connectivity index (χ1n) is 10.1. The Balaban J connectivity index is 2.34. The van der Waals surface area contributed by atoms with Crippen molar-refractivity contribution >= 4 is 17.5 Å². The number of nitrogens with zero attached hydrogens (tertiary/aromatic N) is 2. The fraction of sp³-hybridized carbons (Fsp3) is 0.619. The first-order valence-corrected chi connectivity index (χ1v) is 10.1. The Labute approximate surface area is 180 Å². The molecule has 0 saturated carbocycles. The molecule has 0 radical (unpaired) electrons. The maximum atomic E-state index is 13.2. The average Bonchev–Trinajstić information content (AvgIpc) is 2.68. The number of aliphatic hydroxyl groups excluding tert-OH is 1. The van der Waals surface area contributed by atoms with Crippen LogP contribution < -0.4 is 10.1 Å². The van der Waals surface area contributed by atoms with E-state index in [1.165, 1.54) is 18.2 Å². The van der Waals surface area contributed by atoms with Crippen LogP contribution in [-0.4, -0.2) is 78.8 Å². The second kappa shape index (κ2) is 10.3. The Kier molecular flexibility index (Phi) is 8.30. The van der Waals surface area contributed by atoms with Gasteiger partial charge in [0.15, 0.2) is 0 Å². The van der Waals surface area contributed by atoms with Crippen LogP contribution in [0.5, 0.6) is 5.75 Å². The first kappa shape index (κ1) is 24.9. The van der Waals surface area contributed by atoms with Crippen molar-refractivity contribution in [3.8, 4) is 5.75 Å². The van der Waals surface area contributed by atoms with Gasteiger partial charge in [0.1, 0.15) is 11.9 Å². The number of nitrogens with one attached hydrogen (secondary N) is 1. The summed E-state index contributed by atoms with van der Waals surface area (Å²) in [5, 5.41) is 12.0. The van der Waals surface area contributed by atoms with Gasteiger partial charge >= 0.3 is 6.18 Å². The number of aliphatic hydroxyl groups is 1. The van der Waals surface area contributed by atoms with Crippen LogP contribution in [0, 0.1) is 5.92 Å². The lowest BCUT2D eigenvalue weighted by Crippen LogP contribution is -2.49. The third-order valence-electron chi connectivity index (χ3n) is 5.13. The van der Waals surface area contributed by atoms with Crippen molar-refractivity contribution in [1.82, 2.24) is 9.80 Å². The van der Waals surface area contributed by atoms with E-state index in [2.05, 4.69) is 5.32 Å². The number of fused-ring (bicyclic) bond motifs is 1. The van der Waals surface area contributed by atoms with E-state index >= 15 is 0 Å². The van der Waals surface area contributed by atoms with Crippen molar-refractivity contribution in [1.29, 1.82) is 0 Å². The van der Waals surface area contributed by atoms with Gasteiger partial charge in [-0.15, -0.1) is 0 Å². The molecule has 0 saturated heterocycles. The van der Waals surface area contributed by atoms with Crippen LogP contribution >= 0.6 is 0 Å². The number of hydrogen-bond acceptors (Lipinski definition) is 5. The standard InChI is InChI=1S/C21H30F3N3O4/c1-13-10-27(14(2)12-28)20(30)16-9-15(25-19(29)7-8-21(22,23)24)5-6-17(16)31-18(13)11-26(3)4/h5-6,9,13-14,18,28H,7-8,10-12H2,1-4H3,(H,25,29)/t13-,14+,18+/m1/s1. The summed E-state index contributed by atoms with van der Waals surface area (Å²) in [6, 6.07) is 4.00. The van der Waals surface area contributed by atoms with Crippen LogP contribution in [0.15, 0.2) is 18.2 Å². The molecule has 0 unspecified atom stereocenters. The predicted molar refractivity (Wildman–Crippen MR) is 110 cm³/mol. The fourth-order valence-corrected chi connectivity index (χ4v) is 3.36. The number of benzene rings is 1. The molecule has 2 amide bonds. The summed E-state index contributed by atoms with van der Waals surface area (Å²) in [6.45, 7) is 4.45. The molecular weight excluding hydrogens is 415 g/mol. The highest BCUT2D eigenvalue weighted by Crippen LogP contribution is 2.31. The van der Waals surface area contributed by atoms with E-state index in [0.29, 0.717) is 18.8 Å². The molecule has 1 heterocycles. The molecule has 174 valence electrons. The van der Waals surface area contributed by atoms with E-state index in [1.807, 2.05) is 25.9 Å². The van der Waals surface area contributed by atoms with Gasteiger partial charge < -0.3 is 25.0 Å². The van der Waals surface area contributed by atoms with E-state index in [0.717, 1.165) is 0 Å². The lowest BCUT2D eigenvalue weighted by atomic mass is 9.99. The zero-order valence-electron chi connectivity index (χ0n) is 18.2. The Bertz CT molecular complexity index is 786. The summed E-state index contributed by atoms with van der Waals surface area (Å²) in [7, 11) is 3.82. The molecule has 31 heavy (non-hydrogen) atoms. The van der Waals surface area contributed by atoms with Crippen LogP contribution in [0.25, 0.3) is 0 Å². The van der Waals surface area contributed by atoms with Crippen molar-refractivity contribution in [3.05, 3.63) is 23.8 Å². The van der Waals surface area contributed by atoms with Crippen LogP contribution in [0.1, 0.15) is 37.0 Å². The third kappa shape index (κ3) is 7.10. The lowest BCUT2D eigenvalue weighted by Gasteiger charge is -2.37. The highest BCUT2D eigenvalue weighted by Gasteiger charge is 2.33. The molecule has 2 rings (SSSR count). The summed E-state index contributed by atoms with van der Waals surface area (Å²) in [5.41, 5.74) is 0.391. The molecule has 0 aromatic heterocycles. The molecular formula is C21H30F3N3O4. The number of carbonyl (C=O) groups excluding carboxylic acids is 2. The molecule has 7 nitrogen and oxygen atoms in total. The van der Waals surface area contributed by atoms with Crippen molar-refractivity contribution in [2.75, 3.05) is 39.1 Å². The van der Waals surface area contributed by atoms with Crippen LogP contribution in [0.4, 0.5) is 18.9 Å².